The molecule has 0 saturated carbocycles. The Morgan fingerprint density at radius 3 is 2.90 bits per heavy atom. The molecule has 118 valence electrons. The highest BCUT2D eigenvalue weighted by Crippen LogP contribution is 2.38. The fraction of sp³-hybridized carbons (Fsp3) is 0.625. The molecule has 0 aliphatic carbocycles. The normalized spacial score (nSPS) is 20.1. The summed E-state index contributed by atoms with van der Waals surface area (Å²) < 4.78 is 18.2. The molecule has 0 aromatic heterocycles. The first-order chi connectivity index (χ1) is 10.1. The van der Waals surface area contributed by atoms with Crippen LogP contribution < -0.4 is 15.2 Å². The van der Waals surface area contributed by atoms with Crippen molar-refractivity contribution >= 4 is 15.9 Å². The highest BCUT2D eigenvalue weighted by atomic mass is 79.9. The van der Waals surface area contributed by atoms with Crippen molar-refractivity contribution in [3.63, 3.8) is 0 Å². The second-order valence-corrected chi connectivity index (χ2v) is 6.33. The van der Waals surface area contributed by atoms with E-state index < -0.39 is 0 Å². The molecule has 1 saturated heterocycles. The van der Waals surface area contributed by atoms with Gasteiger partial charge < -0.3 is 19.9 Å². The first-order valence-electron chi connectivity index (χ1n) is 7.55. The minimum Gasteiger partial charge on any atom is -0.490 e. The van der Waals surface area contributed by atoms with E-state index in [1.165, 1.54) is 0 Å². The number of ether oxygens (including phenoxy) is 3. The summed E-state index contributed by atoms with van der Waals surface area (Å²) in [4.78, 5) is 0. The summed E-state index contributed by atoms with van der Waals surface area (Å²) in [5, 5.41) is 0. The summed E-state index contributed by atoms with van der Waals surface area (Å²) in [6, 6.07) is 4.20. The van der Waals surface area contributed by atoms with Gasteiger partial charge in [-0.2, -0.15) is 0 Å². The summed E-state index contributed by atoms with van der Waals surface area (Å²) in [5.41, 5.74) is 7.03. The summed E-state index contributed by atoms with van der Waals surface area (Å²) in [6.45, 7) is 6.04. The highest BCUT2D eigenvalue weighted by molar-refractivity contribution is 9.10. The van der Waals surface area contributed by atoms with Crippen LogP contribution in [0.2, 0.25) is 0 Å². The summed E-state index contributed by atoms with van der Waals surface area (Å²) in [6.07, 6.45) is 2.95. The summed E-state index contributed by atoms with van der Waals surface area (Å²) >= 11 is 3.60. The molecule has 0 amide bonds. The van der Waals surface area contributed by atoms with Crippen molar-refractivity contribution in [2.45, 2.75) is 45.3 Å². The minimum absolute atomic E-state index is 0.0912. The third-order valence-electron chi connectivity index (χ3n) is 3.33. The topological polar surface area (TPSA) is 53.7 Å². The second kappa shape index (κ2) is 8.01. The molecule has 1 aromatic rings. The Morgan fingerprint density at radius 2 is 2.29 bits per heavy atom. The summed E-state index contributed by atoms with van der Waals surface area (Å²) in [7, 11) is 0. The van der Waals surface area contributed by atoms with Gasteiger partial charge in [-0.1, -0.05) is 0 Å². The maximum atomic E-state index is 6.10. The van der Waals surface area contributed by atoms with Crippen molar-refractivity contribution in [1.82, 2.24) is 0 Å². The molecule has 2 N–H and O–H groups in total. The van der Waals surface area contributed by atoms with Crippen molar-refractivity contribution in [1.29, 1.82) is 0 Å². The van der Waals surface area contributed by atoms with Crippen LogP contribution in [0, 0.1) is 0 Å². The van der Waals surface area contributed by atoms with E-state index in [1.54, 1.807) is 0 Å². The van der Waals surface area contributed by atoms with Gasteiger partial charge in [-0.15, -0.1) is 0 Å². The van der Waals surface area contributed by atoms with E-state index in [1.807, 2.05) is 19.9 Å². The van der Waals surface area contributed by atoms with Gasteiger partial charge in [0.05, 0.1) is 17.7 Å². The van der Waals surface area contributed by atoms with Gasteiger partial charge >= 0.3 is 0 Å². The molecule has 0 spiro atoms. The number of nitrogens with two attached hydrogens (primary N) is 1. The molecule has 2 rings (SSSR count). The minimum atomic E-state index is 0.0912. The van der Waals surface area contributed by atoms with Gasteiger partial charge in [0.1, 0.15) is 6.10 Å². The van der Waals surface area contributed by atoms with Crippen LogP contribution in [0.25, 0.3) is 0 Å². The molecule has 21 heavy (non-hydrogen) atoms. The molecular formula is C16H24BrNO3. The zero-order valence-electron chi connectivity index (χ0n) is 12.7. The van der Waals surface area contributed by atoms with E-state index >= 15 is 0 Å². The molecule has 0 bridgehead atoms. The molecule has 0 radical (unpaired) electrons. The Balaban J connectivity index is 2.20. The number of hydrogen-bond acceptors (Lipinski definition) is 4. The third kappa shape index (κ3) is 4.87. The Kier molecular flexibility index (Phi) is 6.33. The molecule has 2 atom stereocenters. The Morgan fingerprint density at radius 1 is 1.48 bits per heavy atom. The van der Waals surface area contributed by atoms with E-state index in [9.17, 15) is 0 Å². The number of halogens is 1. The van der Waals surface area contributed by atoms with Crippen molar-refractivity contribution in [3.8, 4) is 11.5 Å². The van der Waals surface area contributed by atoms with E-state index in [0.717, 1.165) is 47.4 Å². The average molecular weight is 358 g/mol. The lowest BCUT2D eigenvalue weighted by Crippen LogP contribution is -2.28. The Labute approximate surface area is 135 Å². The van der Waals surface area contributed by atoms with E-state index in [0.29, 0.717) is 13.2 Å². The quantitative estimate of drug-likeness (QED) is 0.848. The average Bonchev–Trinajstić information content (AvgIpc) is 2.43. The molecule has 4 nitrogen and oxygen atoms in total. The predicted octanol–water partition coefficient (Wildman–Crippen LogP) is 3.30. The molecule has 1 heterocycles. The van der Waals surface area contributed by atoms with Crippen LogP contribution in [-0.4, -0.2) is 32.0 Å². The highest BCUT2D eigenvalue weighted by Gasteiger charge is 2.20. The van der Waals surface area contributed by atoms with Gasteiger partial charge in [-0.3, -0.25) is 0 Å². The maximum absolute atomic E-state index is 6.10. The lowest BCUT2D eigenvalue weighted by Gasteiger charge is -2.25. The van der Waals surface area contributed by atoms with Crippen LogP contribution in [0.3, 0.4) is 0 Å². The first-order valence-corrected chi connectivity index (χ1v) is 8.34. The van der Waals surface area contributed by atoms with Crippen LogP contribution in [0.4, 0.5) is 0 Å². The Bertz CT molecular complexity index is 459. The molecule has 1 aromatic carbocycles. The molecule has 5 heteroatoms. The second-order valence-electron chi connectivity index (χ2n) is 5.48. The lowest BCUT2D eigenvalue weighted by atomic mass is 10.1. The zero-order valence-corrected chi connectivity index (χ0v) is 14.3. The molecule has 1 fully saturated rings. The van der Waals surface area contributed by atoms with Gasteiger partial charge in [0.25, 0.3) is 0 Å². The fourth-order valence-corrected chi connectivity index (χ4v) is 3.04. The van der Waals surface area contributed by atoms with Crippen molar-refractivity contribution in [2.24, 2.45) is 5.73 Å². The zero-order chi connectivity index (χ0) is 15.2. The van der Waals surface area contributed by atoms with Crippen molar-refractivity contribution in [2.75, 3.05) is 19.8 Å². The number of benzene rings is 1. The van der Waals surface area contributed by atoms with Gasteiger partial charge in [0.15, 0.2) is 11.5 Å². The van der Waals surface area contributed by atoms with Crippen LogP contribution in [-0.2, 0) is 11.2 Å². The number of rotatable bonds is 6. The van der Waals surface area contributed by atoms with Gasteiger partial charge in [0.2, 0.25) is 0 Å². The SMILES string of the molecule is CCOc1cc(CC(C)N)cc(Br)c1OC1CCCOC1. The first kappa shape index (κ1) is 16.6. The van der Waals surface area contributed by atoms with Crippen LogP contribution in [0.15, 0.2) is 16.6 Å². The van der Waals surface area contributed by atoms with E-state index in [2.05, 4.69) is 22.0 Å². The van der Waals surface area contributed by atoms with Crippen molar-refractivity contribution in [3.05, 3.63) is 22.2 Å². The molecular weight excluding hydrogens is 334 g/mol. The lowest BCUT2D eigenvalue weighted by molar-refractivity contribution is 0.00590. The van der Waals surface area contributed by atoms with Crippen molar-refractivity contribution < 1.29 is 14.2 Å². The monoisotopic (exact) mass is 357 g/mol. The van der Waals surface area contributed by atoms with Gasteiger partial charge in [0, 0.05) is 12.6 Å². The Hall–Kier alpha value is -0.780. The van der Waals surface area contributed by atoms with Gasteiger partial charge in [-0.25, -0.2) is 0 Å². The largest absolute Gasteiger partial charge is 0.490 e. The standard InChI is InChI=1S/C16H24BrNO3/c1-3-20-15-9-12(7-11(2)18)8-14(17)16(15)21-13-5-4-6-19-10-13/h8-9,11,13H,3-7,10,18H2,1-2H3. The smallest absolute Gasteiger partial charge is 0.175 e. The molecule has 2 unspecified atom stereocenters. The molecule has 1 aliphatic rings. The van der Waals surface area contributed by atoms with Crippen LogP contribution >= 0.6 is 15.9 Å². The van der Waals surface area contributed by atoms with Crippen LogP contribution in [0.1, 0.15) is 32.3 Å². The number of hydrogen-bond donors (Lipinski definition) is 1. The fourth-order valence-electron chi connectivity index (χ4n) is 2.46. The summed E-state index contributed by atoms with van der Waals surface area (Å²) in [5.74, 6) is 1.54. The maximum Gasteiger partial charge on any atom is 0.175 e. The van der Waals surface area contributed by atoms with E-state index in [-0.39, 0.29) is 12.1 Å². The van der Waals surface area contributed by atoms with E-state index in [4.69, 9.17) is 19.9 Å². The predicted molar refractivity (Wildman–Crippen MR) is 87.1 cm³/mol. The van der Waals surface area contributed by atoms with Crippen LogP contribution in [0.5, 0.6) is 11.5 Å². The molecule has 1 aliphatic heterocycles. The third-order valence-corrected chi connectivity index (χ3v) is 3.92. The van der Waals surface area contributed by atoms with Gasteiger partial charge in [-0.05, 0) is 66.7 Å².